The fraction of sp³-hybridized carbons (Fsp3) is 0.464. The van der Waals surface area contributed by atoms with Crippen LogP contribution in [0.3, 0.4) is 0 Å². The van der Waals surface area contributed by atoms with E-state index in [1.807, 2.05) is 43.3 Å². The quantitative estimate of drug-likeness (QED) is 0.495. The lowest BCUT2D eigenvalue weighted by molar-refractivity contribution is -0.126. The topological polar surface area (TPSA) is 80.5 Å². The summed E-state index contributed by atoms with van der Waals surface area (Å²) in [5.41, 5.74) is 3.34. The molecular weight excluding hydrogens is 440 g/mol. The number of piperidine rings is 1. The van der Waals surface area contributed by atoms with Crippen molar-refractivity contribution in [3.63, 3.8) is 0 Å². The molecule has 1 aliphatic heterocycles. The van der Waals surface area contributed by atoms with Crippen molar-refractivity contribution in [2.24, 2.45) is 5.92 Å². The van der Waals surface area contributed by atoms with Crippen LogP contribution >= 0.6 is 0 Å². The number of aromatic nitrogens is 2. The molecule has 3 aromatic rings. The van der Waals surface area contributed by atoms with E-state index in [4.69, 9.17) is 9.26 Å². The first-order chi connectivity index (χ1) is 16.8. The van der Waals surface area contributed by atoms with Crippen molar-refractivity contribution in [2.75, 3.05) is 19.7 Å². The predicted octanol–water partition coefficient (Wildman–Crippen LogP) is 4.96. The summed E-state index contributed by atoms with van der Waals surface area (Å²) in [6, 6.07) is 16.2. The second-order valence-corrected chi connectivity index (χ2v) is 10.1. The van der Waals surface area contributed by atoms with Crippen LogP contribution < -0.4 is 10.1 Å². The number of hydrogen-bond donors (Lipinski definition) is 1. The van der Waals surface area contributed by atoms with Gasteiger partial charge in [-0.15, -0.1) is 0 Å². The normalized spacial score (nSPS) is 15.2. The molecule has 1 aliphatic rings. The third-order valence-corrected chi connectivity index (χ3v) is 6.52. The van der Waals surface area contributed by atoms with Crippen LogP contribution in [-0.4, -0.2) is 40.6 Å². The lowest BCUT2D eigenvalue weighted by Gasteiger charge is -2.30. The molecule has 0 spiro atoms. The van der Waals surface area contributed by atoms with Gasteiger partial charge in [0.15, 0.2) is 0 Å². The number of carbonyl (C=O) groups is 1. The molecule has 4 rings (SSSR count). The summed E-state index contributed by atoms with van der Waals surface area (Å²) in [5, 5.41) is 7.26. The molecule has 0 aliphatic carbocycles. The molecule has 2 aromatic carbocycles. The third kappa shape index (κ3) is 6.48. The van der Waals surface area contributed by atoms with Gasteiger partial charge in [0.25, 0.3) is 0 Å². The summed E-state index contributed by atoms with van der Waals surface area (Å²) in [6.07, 6.45) is 1.63. The molecule has 186 valence electrons. The van der Waals surface area contributed by atoms with Crippen molar-refractivity contribution < 1.29 is 14.1 Å². The van der Waals surface area contributed by atoms with E-state index in [-0.39, 0.29) is 17.2 Å². The van der Waals surface area contributed by atoms with E-state index in [0.29, 0.717) is 31.4 Å². The highest BCUT2D eigenvalue weighted by molar-refractivity contribution is 5.78. The summed E-state index contributed by atoms with van der Waals surface area (Å²) in [5.74, 6) is 2.17. The summed E-state index contributed by atoms with van der Waals surface area (Å²) in [4.78, 5) is 19.6. The number of hydrogen-bond acceptors (Lipinski definition) is 6. The van der Waals surface area contributed by atoms with Crippen LogP contribution in [-0.2, 0) is 23.3 Å². The van der Waals surface area contributed by atoms with Crippen LogP contribution in [0, 0.1) is 5.92 Å². The average Bonchev–Trinajstić information content (AvgIpc) is 3.32. The highest BCUT2D eigenvalue weighted by atomic mass is 16.5. The monoisotopic (exact) mass is 476 g/mol. The number of para-hydroxylation sites is 1. The van der Waals surface area contributed by atoms with Gasteiger partial charge in [-0.1, -0.05) is 68.4 Å². The standard InChI is InChI=1S/C28H36N4O3/c1-5-34-24-9-7-6-8-22(24)18-29-27(33)21-14-16-32(17-15-21)19-25-30-26(31-35-25)20-10-12-23(13-11-20)28(2,3)4/h6-13,21H,5,14-19H2,1-4H3,(H,29,33). The number of amides is 1. The number of benzene rings is 2. The Hall–Kier alpha value is -3.19. The molecule has 0 radical (unpaired) electrons. The van der Waals surface area contributed by atoms with Gasteiger partial charge in [0.1, 0.15) is 5.75 Å². The summed E-state index contributed by atoms with van der Waals surface area (Å²) in [6.45, 7) is 11.9. The third-order valence-electron chi connectivity index (χ3n) is 6.52. The van der Waals surface area contributed by atoms with E-state index in [1.54, 1.807) is 0 Å². The Labute approximate surface area is 207 Å². The predicted molar refractivity (Wildman–Crippen MR) is 136 cm³/mol. The van der Waals surface area contributed by atoms with Gasteiger partial charge < -0.3 is 14.6 Å². The van der Waals surface area contributed by atoms with Gasteiger partial charge in [-0.25, -0.2) is 0 Å². The smallest absolute Gasteiger partial charge is 0.241 e. The maximum Gasteiger partial charge on any atom is 0.241 e. The second kappa shape index (κ2) is 11.0. The largest absolute Gasteiger partial charge is 0.494 e. The molecule has 0 saturated carbocycles. The minimum atomic E-state index is 0.0186. The van der Waals surface area contributed by atoms with Crippen LogP contribution in [0.1, 0.15) is 57.6 Å². The summed E-state index contributed by atoms with van der Waals surface area (Å²) < 4.78 is 11.2. The molecule has 0 atom stereocenters. The molecule has 1 N–H and O–H groups in total. The lowest BCUT2D eigenvalue weighted by Crippen LogP contribution is -2.40. The Morgan fingerprint density at radius 3 is 2.51 bits per heavy atom. The Balaban J connectivity index is 1.25. The Morgan fingerprint density at radius 2 is 1.83 bits per heavy atom. The van der Waals surface area contributed by atoms with Gasteiger partial charge in [-0.05, 0) is 49.9 Å². The van der Waals surface area contributed by atoms with Gasteiger partial charge in [0.2, 0.25) is 17.6 Å². The molecular formula is C28H36N4O3. The molecule has 35 heavy (non-hydrogen) atoms. The molecule has 7 nitrogen and oxygen atoms in total. The zero-order valence-corrected chi connectivity index (χ0v) is 21.2. The van der Waals surface area contributed by atoms with E-state index >= 15 is 0 Å². The summed E-state index contributed by atoms with van der Waals surface area (Å²) >= 11 is 0. The fourth-order valence-corrected chi connectivity index (χ4v) is 4.37. The molecule has 0 unspecified atom stereocenters. The van der Waals surface area contributed by atoms with E-state index in [2.05, 4.69) is 53.3 Å². The van der Waals surface area contributed by atoms with Crippen LogP contribution in [0.15, 0.2) is 53.1 Å². The SMILES string of the molecule is CCOc1ccccc1CNC(=O)C1CCN(Cc2nc(-c3ccc(C(C)(C)C)cc3)no2)CC1. The minimum Gasteiger partial charge on any atom is -0.494 e. The zero-order valence-electron chi connectivity index (χ0n) is 21.2. The number of nitrogens with zero attached hydrogens (tertiary/aromatic N) is 3. The van der Waals surface area contributed by atoms with Gasteiger partial charge in [0.05, 0.1) is 13.2 Å². The first kappa shape index (κ1) is 24.9. The summed E-state index contributed by atoms with van der Waals surface area (Å²) in [7, 11) is 0. The lowest BCUT2D eigenvalue weighted by atomic mass is 9.87. The highest BCUT2D eigenvalue weighted by Crippen LogP contribution is 2.26. The Bertz CT molecular complexity index is 1110. The zero-order chi connectivity index (χ0) is 24.8. The molecule has 1 amide bonds. The van der Waals surface area contributed by atoms with Crippen molar-refractivity contribution in [3.05, 3.63) is 65.5 Å². The van der Waals surface area contributed by atoms with Crippen molar-refractivity contribution >= 4 is 5.91 Å². The van der Waals surface area contributed by atoms with E-state index < -0.39 is 0 Å². The Morgan fingerprint density at radius 1 is 1.11 bits per heavy atom. The highest BCUT2D eigenvalue weighted by Gasteiger charge is 2.26. The van der Waals surface area contributed by atoms with Gasteiger partial charge in [-0.2, -0.15) is 4.98 Å². The molecule has 7 heteroatoms. The van der Waals surface area contributed by atoms with E-state index in [1.165, 1.54) is 5.56 Å². The first-order valence-electron chi connectivity index (χ1n) is 12.5. The minimum absolute atomic E-state index is 0.0186. The molecule has 2 heterocycles. The number of likely N-dealkylation sites (tertiary alicyclic amines) is 1. The van der Waals surface area contributed by atoms with E-state index in [9.17, 15) is 4.79 Å². The van der Waals surface area contributed by atoms with Crippen molar-refractivity contribution in [1.82, 2.24) is 20.4 Å². The average molecular weight is 477 g/mol. The van der Waals surface area contributed by atoms with Crippen molar-refractivity contribution in [2.45, 2.75) is 59.0 Å². The maximum absolute atomic E-state index is 12.7. The van der Waals surface area contributed by atoms with Gasteiger partial charge >= 0.3 is 0 Å². The van der Waals surface area contributed by atoms with Gasteiger partial charge in [-0.3, -0.25) is 9.69 Å². The molecule has 0 bridgehead atoms. The number of ether oxygens (including phenoxy) is 1. The maximum atomic E-state index is 12.7. The van der Waals surface area contributed by atoms with Crippen molar-refractivity contribution in [3.8, 4) is 17.1 Å². The number of nitrogens with one attached hydrogen (secondary N) is 1. The second-order valence-electron chi connectivity index (χ2n) is 10.1. The van der Waals surface area contributed by atoms with Crippen molar-refractivity contribution in [1.29, 1.82) is 0 Å². The van der Waals surface area contributed by atoms with Crippen LogP contribution in [0.5, 0.6) is 5.75 Å². The molecule has 1 fully saturated rings. The number of carbonyl (C=O) groups excluding carboxylic acids is 1. The first-order valence-corrected chi connectivity index (χ1v) is 12.5. The molecule has 1 saturated heterocycles. The van der Waals surface area contributed by atoms with Gasteiger partial charge in [0, 0.05) is 23.6 Å². The molecule has 1 aromatic heterocycles. The Kier molecular flexibility index (Phi) is 7.86. The fourth-order valence-electron chi connectivity index (χ4n) is 4.37. The van der Waals surface area contributed by atoms with E-state index in [0.717, 1.165) is 42.8 Å². The van der Waals surface area contributed by atoms with Crippen LogP contribution in [0.2, 0.25) is 0 Å². The number of rotatable bonds is 8. The van der Waals surface area contributed by atoms with Crippen LogP contribution in [0.4, 0.5) is 0 Å². The van der Waals surface area contributed by atoms with Crippen LogP contribution in [0.25, 0.3) is 11.4 Å².